The number of aromatic nitrogens is 2. The van der Waals surface area contributed by atoms with Crippen LogP contribution in [0.3, 0.4) is 0 Å². The van der Waals surface area contributed by atoms with Gasteiger partial charge in [0.25, 0.3) is 0 Å². The van der Waals surface area contributed by atoms with Gasteiger partial charge in [-0.25, -0.2) is 0 Å². The van der Waals surface area contributed by atoms with Crippen molar-refractivity contribution in [2.75, 3.05) is 0 Å². The lowest BCUT2D eigenvalue weighted by Crippen LogP contribution is -2.12. The third kappa shape index (κ3) is 2.52. The summed E-state index contributed by atoms with van der Waals surface area (Å²) in [6, 6.07) is 0. The number of hydrogen-bond acceptors (Lipinski definition) is 1. The minimum Gasteiger partial charge on any atom is -0.275 e. The van der Waals surface area contributed by atoms with Gasteiger partial charge in [-0.2, -0.15) is 18.3 Å². The van der Waals surface area contributed by atoms with Gasteiger partial charge >= 0.3 is 6.18 Å². The molecule has 0 spiro atoms. The highest BCUT2D eigenvalue weighted by molar-refractivity contribution is 5.24. The molecule has 0 saturated heterocycles. The molecular formula is C10H15F3N2. The molecule has 0 aliphatic rings. The second-order valence-electron chi connectivity index (χ2n) is 4.14. The molecule has 15 heavy (non-hydrogen) atoms. The predicted molar refractivity (Wildman–Crippen MR) is 51.5 cm³/mol. The summed E-state index contributed by atoms with van der Waals surface area (Å²) in [7, 11) is 1.51. The fourth-order valence-electron chi connectivity index (χ4n) is 1.42. The van der Waals surface area contributed by atoms with E-state index in [1.165, 1.54) is 17.9 Å². The maximum Gasteiger partial charge on any atom is 0.435 e. The van der Waals surface area contributed by atoms with E-state index in [9.17, 15) is 13.2 Å². The van der Waals surface area contributed by atoms with Crippen LogP contribution >= 0.6 is 0 Å². The number of alkyl halides is 3. The van der Waals surface area contributed by atoms with Crippen molar-refractivity contribution in [3.63, 3.8) is 0 Å². The molecule has 0 aliphatic heterocycles. The smallest absolute Gasteiger partial charge is 0.275 e. The molecular weight excluding hydrogens is 205 g/mol. The lowest BCUT2D eigenvalue weighted by atomic mass is 9.90. The number of hydrogen-bond donors (Lipinski definition) is 0. The molecule has 2 nitrogen and oxygen atoms in total. The second kappa shape index (κ2) is 3.87. The van der Waals surface area contributed by atoms with Crippen LogP contribution in [0.1, 0.15) is 37.9 Å². The summed E-state index contributed by atoms with van der Waals surface area (Å²) in [5.41, 5.74) is -0.480. The average Bonchev–Trinajstić information content (AvgIpc) is 2.44. The van der Waals surface area contributed by atoms with Crippen LogP contribution in [-0.4, -0.2) is 9.78 Å². The van der Waals surface area contributed by atoms with Crippen LogP contribution in [-0.2, 0) is 13.2 Å². The fourth-order valence-corrected chi connectivity index (χ4v) is 1.42. The normalized spacial score (nSPS) is 14.7. The van der Waals surface area contributed by atoms with E-state index < -0.39 is 11.9 Å². The lowest BCUT2D eigenvalue weighted by Gasteiger charge is -2.16. The number of rotatable bonds is 2. The van der Waals surface area contributed by atoms with Gasteiger partial charge in [0.1, 0.15) is 0 Å². The molecule has 1 atom stereocenters. The topological polar surface area (TPSA) is 17.8 Å². The van der Waals surface area contributed by atoms with Crippen molar-refractivity contribution in [3.05, 3.63) is 17.5 Å². The van der Waals surface area contributed by atoms with E-state index in [0.29, 0.717) is 0 Å². The standard InChI is InChI=1S/C10H15F3N2/c1-6(2)7(3)8-5-15(4)14-9(8)10(11,12)13/h5-7H,1-4H3. The molecule has 0 bridgehead atoms. The number of halogens is 3. The van der Waals surface area contributed by atoms with E-state index in [1.54, 1.807) is 6.92 Å². The van der Waals surface area contributed by atoms with Gasteiger partial charge in [0, 0.05) is 18.8 Å². The first-order chi connectivity index (χ1) is 6.73. The van der Waals surface area contributed by atoms with Gasteiger partial charge in [-0.3, -0.25) is 4.68 Å². The summed E-state index contributed by atoms with van der Waals surface area (Å²) >= 11 is 0. The van der Waals surface area contributed by atoms with Crippen molar-refractivity contribution in [1.82, 2.24) is 9.78 Å². The number of nitrogens with zero attached hydrogens (tertiary/aromatic N) is 2. The molecule has 0 amide bonds. The zero-order valence-electron chi connectivity index (χ0n) is 9.26. The van der Waals surface area contributed by atoms with Gasteiger partial charge in [-0.1, -0.05) is 20.8 Å². The summed E-state index contributed by atoms with van der Waals surface area (Å²) in [6.45, 7) is 5.59. The zero-order valence-corrected chi connectivity index (χ0v) is 9.26. The SMILES string of the molecule is CC(C)C(C)c1cn(C)nc1C(F)(F)F. The van der Waals surface area contributed by atoms with Crippen LogP contribution in [0, 0.1) is 5.92 Å². The fraction of sp³-hybridized carbons (Fsp3) is 0.700. The second-order valence-corrected chi connectivity index (χ2v) is 4.14. The predicted octanol–water partition coefficient (Wildman–Crippen LogP) is 3.20. The first-order valence-electron chi connectivity index (χ1n) is 4.84. The largest absolute Gasteiger partial charge is 0.435 e. The summed E-state index contributed by atoms with van der Waals surface area (Å²) in [5.74, 6) is 0.0191. The minimum atomic E-state index is -4.36. The molecule has 1 unspecified atom stereocenters. The van der Waals surface area contributed by atoms with Crippen LogP contribution in [0.4, 0.5) is 13.2 Å². The maximum atomic E-state index is 12.6. The van der Waals surface area contributed by atoms with Gasteiger partial charge < -0.3 is 0 Å². The van der Waals surface area contributed by atoms with Crippen molar-refractivity contribution in [2.45, 2.75) is 32.9 Å². The van der Waals surface area contributed by atoms with Crippen LogP contribution in [0.25, 0.3) is 0 Å². The van der Waals surface area contributed by atoms with Gasteiger partial charge in [0.05, 0.1) is 0 Å². The Morgan fingerprint density at radius 1 is 1.27 bits per heavy atom. The van der Waals surface area contributed by atoms with Crippen LogP contribution in [0.15, 0.2) is 6.20 Å². The Hall–Kier alpha value is -1.00. The summed E-state index contributed by atoms with van der Waals surface area (Å²) in [5, 5.41) is 3.48. The molecule has 1 aromatic heterocycles. The minimum absolute atomic E-state index is 0.143. The van der Waals surface area contributed by atoms with Crippen molar-refractivity contribution in [3.8, 4) is 0 Å². The highest BCUT2D eigenvalue weighted by Crippen LogP contribution is 2.36. The third-order valence-electron chi connectivity index (χ3n) is 2.62. The first kappa shape index (κ1) is 12.1. The van der Waals surface area contributed by atoms with Crippen molar-refractivity contribution >= 4 is 0 Å². The summed E-state index contributed by atoms with van der Waals surface area (Å²) < 4.78 is 39.0. The van der Waals surface area contributed by atoms with Crippen molar-refractivity contribution in [2.24, 2.45) is 13.0 Å². The molecule has 1 aromatic rings. The van der Waals surface area contributed by atoms with Crippen LogP contribution < -0.4 is 0 Å². The van der Waals surface area contributed by atoms with Gasteiger partial charge in [-0.15, -0.1) is 0 Å². The highest BCUT2D eigenvalue weighted by atomic mass is 19.4. The molecule has 0 aliphatic carbocycles. The molecule has 86 valence electrons. The Morgan fingerprint density at radius 3 is 2.20 bits per heavy atom. The highest BCUT2D eigenvalue weighted by Gasteiger charge is 2.38. The van der Waals surface area contributed by atoms with Crippen LogP contribution in [0.5, 0.6) is 0 Å². The van der Waals surface area contributed by atoms with Gasteiger partial charge in [0.15, 0.2) is 5.69 Å². The van der Waals surface area contributed by atoms with Gasteiger partial charge in [-0.05, 0) is 11.8 Å². The van der Waals surface area contributed by atoms with E-state index in [-0.39, 0.29) is 17.4 Å². The molecule has 1 rings (SSSR count). The van der Waals surface area contributed by atoms with E-state index in [2.05, 4.69) is 5.10 Å². The number of aryl methyl sites for hydroxylation is 1. The third-order valence-corrected chi connectivity index (χ3v) is 2.62. The van der Waals surface area contributed by atoms with Crippen molar-refractivity contribution < 1.29 is 13.2 Å². The molecule has 0 saturated carbocycles. The molecule has 0 fully saturated rings. The quantitative estimate of drug-likeness (QED) is 0.748. The Labute approximate surface area is 87.1 Å². The van der Waals surface area contributed by atoms with E-state index in [0.717, 1.165) is 0 Å². The Kier molecular flexibility index (Phi) is 3.11. The van der Waals surface area contributed by atoms with E-state index >= 15 is 0 Å². The Balaban J connectivity index is 3.18. The monoisotopic (exact) mass is 220 g/mol. The average molecular weight is 220 g/mol. The molecule has 0 N–H and O–H groups in total. The Bertz CT molecular complexity index is 339. The van der Waals surface area contributed by atoms with Gasteiger partial charge in [0.2, 0.25) is 0 Å². The molecule has 5 heteroatoms. The molecule has 0 radical (unpaired) electrons. The van der Waals surface area contributed by atoms with E-state index in [4.69, 9.17) is 0 Å². The molecule has 1 heterocycles. The zero-order chi connectivity index (χ0) is 11.8. The molecule has 0 aromatic carbocycles. The Morgan fingerprint density at radius 2 is 1.80 bits per heavy atom. The maximum absolute atomic E-state index is 12.6. The first-order valence-corrected chi connectivity index (χ1v) is 4.84. The lowest BCUT2D eigenvalue weighted by molar-refractivity contribution is -0.142. The summed E-state index contributed by atoms with van der Waals surface area (Å²) in [6.07, 6.45) is -2.91. The van der Waals surface area contributed by atoms with Crippen molar-refractivity contribution in [1.29, 1.82) is 0 Å². The van der Waals surface area contributed by atoms with E-state index in [1.807, 2.05) is 13.8 Å². The summed E-state index contributed by atoms with van der Waals surface area (Å²) in [4.78, 5) is 0. The van der Waals surface area contributed by atoms with Crippen LogP contribution in [0.2, 0.25) is 0 Å².